The van der Waals surface area contributed by atoms with E-state index in [-0.39, 0.29) is 26.9 Å². The van der Waals surface area contributed by atoms with Crippen LogP contribution in [0.3, 0.4) is 0 Å². The van der Waals surface area contributed by atoms with Gasteiger partial charge in [-0.1, -0.05) is 35.3 Å². The molecule has 11 heteroatoms. The maximum atomic E-state index is 13.7. The van der Waals surface area contributed by atoms with Crippen LogP contribution < -0.4 is 4.72 Å². The summed E-state index contributed by atoms with van der Waals surface area (Å²) >= 11 is 11.9. The molecule has 0 radical (unpaired) electrons. The summed E-state index contributed by atoms with van der Waals surface area (Å²) in [7, 11) is -0.202. The zero-order chi connectivity index (χ0) is 23.6. The lowest BCUT2D eigenvalue weighted by molar-refractivity contribution is 0.370. The average molecular weight is 503 g/mol. The number of rotatable bonds is 8. The van der Waals surface area contributed by atoms with Gasteiger partial charge in [-0.25, -0.2) is 26.9 Å². The Morgan fingerprint density at radius 2 is 1.59 bits per heavy atom. The Morgan fingerprint density at radius 3 is 2.06 bits per heavy atom. The van der Waals surface area contributed by atoms with Crippen LogP contribution in [-0.4, -0.2) is 50.0 Å². The van der Waals surface area contributed by atoms with Crippen LogP contribution in [0.15, 0.2) is 47.6 Å². The Hall–Kier alpha value is -2.04. The fourth-order valence-corrected chi connectivity index (χ4v) is 4.95. The van der Waals surface area contributed by atoms with Crippen molar-refractivity contribution in [1.29, 1.82) is 0 Å². The number of benzene rings is 2. The summed E-state index contributed by atoms with van der Waals surface area (Å²) in [5, 5.41) is -0.358. The molecule has 0 saturated carbocycles. The van der Waals surface area contributed by atoms with Crippen molar-refractivity contribution in [3.8, 4) is 0 Å². The average Bonchev–Trinajstić information content (AvgIpc) is 3.17. The molecule has 6 nitrogen and oxygen atoms in total. The van der Waals surface area contributed by atoms with Gasteiger partial charge in [0.25, 0.3) is 10.0 Å². The molecule has 3 aromatic rings. The normalized spacial score (nSPS) is 13.2. The third kappa shape index (κ3) is 5.65. The van der Waals surface area contributed by atoms with Crippen LogP contribution in [-0.2, 0) is 10.0 Å². The second-order valence-electron chi connectivity index (χ2n) is 7.70. The standard InChI is InChI=1S/C21H22Cl2F2N4O2S/c1-12(11-29(2)3)28-32(30,31)19-10-26-21(27-19)20(13-4-6-17(24)15(22)8-13)14-5-7-18(25)16(23)9-14/h4-10,12,20,28H,11H2,1-3H3,(H,26,27). The number of aromatic amines is 1. The van der Waals surface area contributed by atoms with Gasteiger partial charge in [-0.15, -0.1) is 0 Å². The Morgan fingerprint density at radius 1 is 1.06 bits per heavy atom. The van der Waals surface area contributed by atoms with Crippen LogP contribution >= 0.6 is 23.2 Å². The largest absolute Gasteiger partial charge is 0.331 e. The maximum Gasteiger partial charge on any atom is 0.257 e. The highest BCUT2D eigenvalue weighted by atomic mass is 35.5. The fraction of sp³-hybridized carbons (Fsp3) is 0.286. The van der Waals surface area contributed by atoms with Gasteiger partial charge in [0.1, 0.15) is 17.5 Å². The zero-order valence-electron chi connectivity index (χ0n) is 17.5. The van der Waals surface area contributed by atoms with E-state index in [1.807, 2.05) is 19.0 Å². The first-order valence-corrected chi connectivity index (χ1v) is 11.8. The number of halogens is 4. The lowest BCUT2D eigenvalue weighted by Gasteiger charge is -2.18. The van der Waals surface area contributed by atoms with Crippen LogP contribution in [0.2, 0.25) is 10.0 Å². The van der Waals surface area contributed by atoms with E-state index in [0.29, 0.717) is 17.7 Å². The summed E-state index contributed by atoms with van der Waals surface area (Å²) in [5.41, 5.74) is 1.04. The first-order chi connectivity index (χ1) is 15.0. The molecule has 1 atom stereocenters. The summed E-state index contributed by atoms with van der Waals surface area (Å²) in [4.78, 5) is 8.94. The Bertz CT molecular complexity index is 1170. The van der Waals surface area contributed by atoms with Crippen LogP contribution in [0, 0.1) is 11.6 Å². The van der Waals surface area contributed by atoms with E-state index < -0.39 is 27.6 Å². The van der Waals surface area contributed by atoms with Gasteiger partial charge < -0.3 is 9.88 Å². The number of likely N-dealkylation sites (N-methyl/N-ethyl adjacent to an activating group) is 1. The quantitative estimate of drug-likeness (QED) is 0.478. The highest BCUT2D eigenvalue weighted by Gasteiger charge is 2.26. The molecule has 0 saturated heterocycles. The lowest BCUT2D eigenvalue weighted by atomic mass is 9.90. The summed E-state index contributed by atoms with van der Waals surface area (Å²) in [6.07, 6.45) is 1.20. The van der Waals surface area contributed by atoms with Gasteiger partial charge in [0, 0.05) is 12.6 Å². The van der Waals surface area contributed by atoms with Crippen molar-refractivity contribution in [2.24, 2.45) is 0 Å². The molecule has 32 heavy (non-hydrogen) atoms. The van der Waals surface area contributed by atoms with E-state index in [2.05, 4.69) is 14.7 Å². The minimum Gasteiger partial charge on any atom is -0.331 e. The van der Waals surface area contributed by atoms with E-state index in [1.54, 1.807) is 6.92 Å². The highest BCUT2D eigenvalue weighted by molar-refractivity contribution is 7.89. The first-order valence-electron chi connectivity index (χ1n) is 9.60. The third-order valence-electron chi connectivity index (χ3n) is 4.68. The molecule has 1 aromatic heterocycles. The first kappa shape index (κ1) is 24.6. The molecule has 172 valence electrons. The third-order valence-corrected chi connectivity index (χ3v) is 6.76. The molecule has 3 rings (SSSR count). The van der Waals surface area contributed by atoms with Crippen molar-refractivity contribution in [1.82, 2.24) is 19.6 Å². The van der Waals surface area contributed by atoms with Gasteiger partial charge in [0.05, 0.1) is 22.2 Å². The molecule has 0 fully saturated rings. The van der Waals surface area contributed by atoms with Crippen LogP contribution in [0.25, 0.3) is 0 Å². The highest BCUT2D eigenvalue weighted by Crippen LogP contribution is 2.34. The molecular formula is C21H22Cl2F2N4O2S. The molecule has 2 N–H and O–H groups in total. The van der Waals surface area contributed by atoms with Gasteiger partial charge in [0.15, 0.2) is 5.03 Å². The molecule has 0 aliphatic heterocycles. The van der Waals surface area contributed by atoms with E-state index in [0.717, 1.165) is 0 Å². The Balaban J connectivity index is 2.04. The van der Waals surface area contributed by atoms with E-state index >= 15 is 0 Å². The van der Waals surface area contributed by atoms with Crippen molar-refractivity contribution < 1.29 is 17.2 Å². The molecule has 0 aliphatic carbocycles. The number of sulfonamides is 1. The smallest absolute Gasteiger partial charge is 0.257 e. The summed E-state index contributed by atoms with van der Waals surface area (Å²) in [6, 6.07) is 7.86. The van der Waals surface area contributed by atoms with Crippen molar-refractivity contribution in [2.45, 2.75) is 23.9 Å². The zero-order valence-corrected chi connectivity index (χ0v) is 19.9. The molecule has 0 bridgehead atoms. The lowest BCUT2D eigenvalue weighted by Crippen LogP contribution is -2.39. The second kappa shape index (κ2) is 9.84. The Kier molecular flexibility index (Phi) is 7.57. The summed E-state index contributed by atoms with van der Waals surface area (Å²) in [6.45, 7) is 2.25. The van der Waals surface area contributed by atoms with E-state index in [4.69, 9.17) is 23.2 Å². The van der Waals surface area contributed by atoms with Gasteiger partial charge in [-0.05, 0) is 56.4 Å². The molecule has 0 aliphatic rings. The van der Waals surface area contributed by atoms with Gasteiger partial charge in [-0.3, -0.25) is 0 Å². The fourth-order valence-electron chi connectivity index (χ4n) is 3.41. The number of H-pyrrole nitrogens is 1. The van der Waals surface area contributed by atoms with Crippen LogP contribution in [0.5, 0.6) is 0 Å². The number of nitrogens with zero attached hydrogens (tertiary/aromatic N) is 2. The Labute approximate surface area is 195 Å². The number of aromatic nitrogens is 2. The molecule has 0 spiro atoms. The van der Waals surface area contributed by atoms with Gasteiger partial charge >= 0.3 is 0 Å². The molecule has 2 aromatic carbocycles. The maximum absolute atomic E-state index is 13.7. The predicted octanol–water partition coefficient (Wildman–Crippen LogP) is 4.40. The monoisotopic (exact) mass is 502 g/mol. The van der Waals surface area contributed by atoms with Crippen LogP contribution in [0.1, 0.15) is 29.8 Å². The molecule has 1 unspecified atom stereocenters. The van der Waals surface area contributed by atoms with Crippen molar-refractivity contribution in [3.63, 3.8) is 0 Å². The van der Waals surface area contributed by atoms with Crippen LogP contribution in [0.4, 0.5) is 8.78 Å². The van der Waals surface area contributed by atoms with Gasteiger partial charge in [0.2, 0.25) is 0 Å². The number of imidazole rings is 1. The topological polar surface area (TPSA) is 78.1 Å². The molecular weight excluding hydrogens is 481 g/mol. The molecule has 1 heterocycles. The second-order valence-corrected chi connectivity index (χ2v) is 10.2. The minimum atomic E-state index is -3.88. The predicted molar refractivity (Wildman–Crippen MR) is 121 cm³/mol. The van der Waals surface area contributed by atoms with E-state index in [1.165, 1.54) is 42.6 Å². The van der Waals surface area contributed by atoms with Gasteiger partial charge in [-0.2, -0.15) is 0 Å². The van der Waals surface area contributed by atoms with E-state index in [9.17, 15) is 17.2 Å². The number of hydrogen-bond donors (Lipinski definition) is 2. The minimum absolute atomic E-state index is 0.112. The van der Waals surface area contributed by atoms with Crippen molar-refractivity contribution in [3.05, 3.63) is 81.2 Å². The summed E-state index contributed by atoms with van der Waals surface area (Å²) < 4.78 is 55.6. The number of hydrogen-bond acceptors (Lipinski definition) is 4. The van der Waals surface area contributed by atoms with Crippen molar-refractivity contribution in [2.75, 3.05) is 20.6 Å². The number of nitrogens with one attached hydrogen (secondary N) is 2. The molecule has 0 amide bonds. The summed E-state index contributed by atoms with van der Waals surface area (Å²) in [5.74, 6) is -1.66. The SMILES string of the molecule is CC(CN(C)C)NS(=O)(=O)c1cnc(C(c2ccc(F)c(Cl)c2)c2ccc(F)c(Cl)c2)[nH]1. The van der Waals surface area contributed by atoms with Crippen molar-refractivity contribution >= 4 is 33.2 Å².